The summed E-state index contributed by atoms with van der Waals surface area (Å²) in [6.45, 7) is 0. The summed E-state index contributed by atoms with van der Waals surface area (Å²) >= 11 is 0. The van der Waals surface area contributed by atoms with Gasteiger partial charge in [-0.1, -0.05) is 24.3 Å². The molecule has 4 aromatic heterocycles. The zero-order valence-corrected chi connectivity index (χ0v) is 18.7. The predicted molar refractivity (Wildman–Crippen MR) is 96.9 cm³/mol. The first-order valence-electron chi connectivity index (χ1n) is 7.40. The quantitative estimate of drug-likeness (QED) is 0.255. The van der Waals surface area contributed by atoms with Crippen molar-refractivity contribution in [2.75, 3.05) is 0 Å². The van der Waals surface area contributed by atoms with Gasteiger partial charge in [-0.25, -0.2) is 0 Å². The molecule has 4 aromatic rings. The van der Waals surface area contributed by atoms with Crippen LogP contribution in [0.5, 0.6) is 0 Å². The zero-order valence-electron chi connectivity index (χ0n) is 14.4. The van der Waals surface area contributed by atoms with E-state index < -0.39 is 0 Å². The molecule has 7 heteroatoms. The number of nitrogens with zero attached hydrogens (tertiary/aromatic N) is 4. The van der Waals surface area contributed by atoms with E-state index in [9.17, 15) is 0 Å². The van der Waals surface area contributed by atoms with Crippen LogP contribution < -0.4 is 34.0 Å². The van der Waals surface area contributed by atoms with Crippen molar-refractivity contribution in [1.82, 2.24) is 19.9 Å². The largest absolute Gasteiger partial charge is 2.00 e. The minimum absolute atomic E-state index is 0. The monoisotopic (exact) mass is 530 g/mol. The number of rotatable bonds is 0. The number of aromatic nitrogens is 4. The smallest absolute Gasteiger partial charge is 1.00 e. The van der Waals surface area contributed by atoms with Crippen LogP contribution in [0.1, 0.15) is 0 Å². The van der Waals surface area contributed by atoms with Crippen LogP contribution in [0.4, 0.5) is 0 Å². The van der Waals surface area contributed by atoms with Crippen LogP contribution in [0.3, 0.4) is 0 Å². The van der Waals surface area contributed by atoms with Crippen LogP contribution in [-0.2, 0) is 17.1 Å². The van der Waals surface area contributed by atoms with Crippen LogP contribution in [0.2, 0.25) is 0 Å². The minimum atomic E-state index is 0. The second-order valence-corrected chi connectivity index (χ2v) is 4.10. The maximum absolute atomic E-state index is 3.78. The first kappa shape index (κ1) is 29.8. The van der Waals surface area contributed by atoms with Crippen molar-refractivity contribution in [1.29, 1.82) is 0 Å². The van der Waals surface area contributed by atoms with Gasteiger partial charge in [-0.15, -0.1) is 0 Å². The summed E-state index contributed by atoms with van der Waals surface area (Å²) in [6, 6.07) is 22.9. The van der Waals surface area contributed by atoms with Gasteiger partial charge in [0.15, 0.2) is 0 Å². The number of pyridine rings is 4. The fourth-order valence-corrected chi connectivity index (χ4v) is 1.25. The molecule has 27 heavy (non-hydrogen) atoms. The zero-order chi connectivity index (χ0) is 17.0. The molecule has 4 nitrogen and oxygen atoms in total. The van der Waals surface area contributed by atoms with Gasteiger partial charge in [-0.05, 0) is 48.5 Å². The second-order valence-electron chi connectivity index (χ2n) is 4.10. The van der Waals surface area contributed by atoms with Crippen LogP contribution in [-0.4, -0.2) is 19.9 Å². The first-order chi connectivity index (χ1) is 12.0. The summed E-state index contributed by atoms with van der Waals surface area (Å²) in [5, 5.41) is 0. The van der Waals surface area contributed by atoms with Gasteiger partial charge in [0.2, 0.25) is 0 Å². The SMILES string of the molecule is [Br-].[Br-].[Fe+2].c1ccncc1.c1ccncc1.c1ccncc1.c1ccncc1. The number of hydrogen-bond acceptors (Lipinski definition) is 4. The Morgan fingerprint density at radius 2 is 0.407 bits per heavy atom. The first-order valence-corrected chi connectivity index (χ1v) is 7.40. The van der Waals surface area contributed by atoms with Crippen molar-refractivity contribution in [2.45, 2.75) is 0 Å². The molecular weight excluding hydrogens is 512 g/mol. The Kier molecular flexibility index (Phi) is 29.1. The Balaban J connectivity index is -0.000000274. The molecule has 0 bridgehead atoms. The van der Waals surface area contributed by atoms with Crippen LogP contribution in [0.15, 0.2) is 122 Å². The summed E-state index contributed by atoms with van der Waals surface area (Å²) < 4.78 is 0. The minimum Gasteiger partial charge on any atom is -1.00 e. The molecule has 0 unspecified atom stereocenters. The molecular formula is C20H20Br2FeN4. The maximum atomic E-state index is 3.78. The van der Waals surface area contributed by atoms with E-state index in [0.717, 1.165) is 0 Å². The normalized spacial score (nSPS) is 7.11. The summed E-state index contributed by atoms with van der Waals surface area (Å²) in [4.78, 5) is 15.1. The molecule has 0 aliphatic carbocycles. The van der Waals surface area contributed by atoms with Crippen LogP contribution in [0.25, 0.3) is 0 Å². The van der Waals surface area contributed by atoms with Gasteiger partial charge in [0, 0.05) is 49.6 Å². The number of halogens is 2. The molecule has 4 rings (SSSR count). The van der Waals surface area contributed by atoms with Gasteiger partial charge in [-0.2, -0.15) is 0 Å². The van der Waals surface area contributed by atoms with Crippen LogP contribution >= 0.6 is 0 Å². The third-order valence-corrected chi connectivity index (χ3v) is 2.27. The molecule has 0 spiro atoms. The van der Waals surface area contributed by atoms with E-state index in [2.05, 4.69) is 19.9 Å². The molecule has 0 aromatic carbocycles. The predicted octanol–water partition coefficient (Wildman–Crippen LogP) is -1.67. The molecule has 0 fully saturated rings. The molecule has 0 aliphatic rings. The van der Waals surface area contributed by atoms with E-state index in [1.807, 2.05) is 72.8 Å². The standard InChI is InChI=1S/4C5H5N.2BrH.Fe/c4*1-2-4-6-5-3-1;;;/h4*1-5H;2*1H;/q;;;;;;+2/p-2. The van der Waals surface area contributed by atoms with E-state index in [-0.39, 0.29) is 51.0 Å². The third kappa shape index (κ3) is 24.1. The van der Waals surface area contributed by atoms with E-state index in [1.54, 1.807) is 49.6 Å². The molecule has 0 N–H and O–H groups in total. The van der Waals surface area contributed by atoms with Gasteiger partial charge < -0.3 is 34.0 Å². The van der Waals surface area contributed by atoms with E-state index >= 15 is 0 Å². The fourth-order valence-electron chi connectivity index (χ4n) is 1.25. The van der Waals surface area contributed by atoms with E-state index in [4.69, 9.17) is 0 Å². The Morgan fingerprint density at radius 1 is 0.259 bits per heavy atom. The van der Waals surface area contributed by atoms with Crippen LogP contribution in [0, 0.1) is 0 Å². The van der Waals surface area contributed by atoms with Crippen molar-refractivity contribution >= 4 is 0 Å². The van der Waals surface area contributed by atoms with Gasteiger partial charge in [0.25, 0.3) is 0 Å². The fraction of sp³-hybridized carbons (Fsp3) is 0. The number of hydrogen-bond donors (Lipinski definition) is 0. The van der Waals surface area contributed by atoms with E-state index in [1.165, 1.54) is 0 Å². The molecule has 142 valence electrons. The van der Waals surface area contributed by atoms with Crippen molar-refractivity contribution in [3.8, 4) is 0 Å². The Morgan fingerprint density at radius 3 is 0.444 bits per heavy atom. The summed E-state index contributed by atoms with van der Waals surface area (Å²) in [5.74, 6) is 0. The summed E-state index contributed by atoms with van der Waals surface area (Å²) in [7, 11) is 0. The molecule has 0 saturated carbocycles. The Labute approximate surface area is 192 Å². The van der Waals surface area contributed by atoms with Crippen molar-refractivity contribution < 1.29 is 51.0 Å². The summed E-state index contributed by atoms with van der Waals surface area (Å²) in [6.07, 6.45) is 14.0. The van der Waals surface area contributed by atoms with Crippen molar-refractivity contribution in [3.63, 3.8) is 0 Å². The average molecular weight is 532 g/mol. The molecule has 0 atom stereocenters. The third-order valence-electron chi connectivity index (χ3n) is 2.27. The topological polar surface area (TPSA) is 51.6 Å². The summed E-state index contributed by atoms with van der Waals surface area (Å²) in [5.41, 5.74) is 0. The van der Waals surface area contributed by atoms with E-state index in [0.29, 0.717) is 0 Å². The van der Waals surface area contributed by atoms with Gasteiger partial charge >= 0.3 is 17.1 Å². The van der Waals surface area contributed by atoms with Crippen molar-refractivity contribution in [2.24, 2.45) is 0 Å². The Bertz CT molecular complexity index is 446. The molecule has 4 heterocycles. The maximum Gasteiger partial charge on any atom is 2.00 e. The van der Waals surface area contributed by atoms with Gasteiger partial charge in [0.05, 0.1) is 0 Å². The second kappa shape index (κ2) is 26.3. The van der Waals surface area contributed by atoms with Gasteiger partial charge in [-0.3, -0.25) is 19.9 Å². The molecule has 0 amide bonds. The van der Waals surface area contributed by atoms with Crippen molar-refractivity contribution in [3.05, 3.63) is 122 Å². The average Bonchev–Trinajstić information content (AvgIpc) is 2.75. The molecule has 0 saturated heterocycles. The Hall–Kier alpha value is -1.92. The van der Waals surface area contributed by atoms with Gasteiger partial charge in [0.1, 0.15) is 0 Å². The molecule has 0 radical (unpaired) electrons. The molecule has 0 aliphatic heterocycles.